The molecule has 2 saturated heterocycles. The molecular formula is C33H32FN7O3. The molecule has 224 valence electrons. The molecule has 2 aromatic carbocycles. The Morgan fingerprint density at radius 2 is 1.91 bits per heavy atom. The van der Waals surface area contributed by atoms with E-state index >= 15 is 0 Å². The van der Waals surface area contributed by atoms with E-state index in [0.29, 0.717) is 36.3 Å². The zero-order valence-electron chi connectivity index (χ0n) is 24.4. The van der Waals surface area contributed by atoms with Crippen LogP contribution in [0.5, 0.6) is 0 Å². The summed E-state index contributed by atoms with van der Waals surface area (Å²) in [5.41, 5.74) is 3.89. The van der Waals surface area contributed by atoms with Gasteiger partial charge in [0.2, 0.25) is 0 Å². The number of esters is 1. The summed E-state index contributed by atoms with van der Waals surface area (Å²) in [4.78, 5) is 26.8. The number of aromatic nitrogens is 4. The molecule has 1 unspecified atom stereocenters. The SMILES string of the molecule is COC(=O)c1ccc2nc(CN3CCN(c4ccc5ccn(Cc6ccc(C#N)cc6F)c5n4)CC3)n(CC3CCO3)c2c1. The van der Waals surface area contributed by atoms with Crippen LogP contribution in [0, 0.1) is 17.1 Å². The molecule has 0 amide bonds. The Labute approximate surface area is 253 Å². The molecule has 2 aliphatic rings. The maximum Gasteiger partial charge on any atom is 0.337 e. The minimum absolute atomic E-state index is 0.151. The van der Waals surface area contributed by atoms with Crippen LogP contribution in [0.4, 0.5) is 10.2 Å². The maximum atomic E-state index is 14.6. The van der Waals surface area contributed by atoms with Crippen LogP contribution >= 0.6 is 0 Å². The molecular weight excluding hydrogens is 561 g/mol. The Bertz CT molecular complexity index is 1900. The van der Waals surface area contributed by atoms with E-state index in [1.165, 1.54) is 13.2 Å². The van der Waals surface area contributed by atoms with E-state index in [1.54, 1.807) is 18.2 Å². The van der Waals surface area contributed by atoms with Crippen molar-refractivity contribution in [2.45, 2.75) is 32.2 Å². The van der Waals surface area contributed by atoms with Gasteiger partial charge in [-0.15, -0.1) is 0 Å². The quantitative estimate of drug-likeness (QED) is 0.245. The number of carbonyl (C=O) groups is 1. The number of methoxy groups -OCH3 is 1. The number of piperazine rings is 1. The second-order valence-electron chi connectivity index (χ2n) is 11.3. The fraction of sp³-hybridized carbons (Fsp3) is 0.333. The summed E-state index contributed by atoms with van der Waals surface area (Å²) in [7, 11) is 1.39. The predicted octanol–water partition coefficient (Wildman–Crippen LogP) is 4.34. The van der Waals surface area contributed by atoms with Crippen LogP contribution in [-0.4, -0.2) is 76.0 Å². The topological polar surface area (TPSA) is 101 Å². The largest absolute Gasteiger partial charge is 0.465 e. The number of benzene rings is 2. The fourth-order valence-electron chi connectivity index (χ4n) is 5.99. The van der Waals surface area contributed by atoms with Crippen LogP contribution in [-0.2, 0) is 29.1 Å². The molecule has 10 nitrogen and oxygen atoms in total. The normalized spacial score (nSPS) is 17.1. The van der Waals surface area contributed by atoms with Gasteiger partial charge in [0.25, 0.3) is 0 Å². The number of carbonyl (C=O) groups excluding carboxylic acids is 1. The molecule has 0 aliphatic carbocycles. The average molecular weight is 594 g/mol. The molecule has 2 aliphatic heterocycles. The van der Waals surface area contributed by atoms with Gasteiger partial charge in [-0.25, -0.2) is 19.2 Å². The van der Waals surface area contributed by atoms with E-state index < -0.39 is 5.82 Å². The lowest BCUT2D eigenvalue weighted by molar-refractivity contribution is -0.0592. The Hall–Kier alpha value is -4.79. The zero-order chi connectivity index (χ0) is 30.2. The number of imidazole rings is 1. The highest BCUT2D eigenvalue weighted by atomic mass is 19.1. The number of halogens is 1. The van der Waals surface area contributed by atoms with Gasteiger partial charge in [0.05, 0.1) is 61.1 Å². The van der Waals surface area contributed by atoms with Gasteiger partial charge in [-0.05, 0) is 55.0 Å². The van der Waals surface area contributed by atoms with E-state index in [0.717, 1.165) is 72.9 Å². The van der Waals surface area contributed by atoms with Crippen molar-refractivity contribution in [3.05, 3.63) is 89.1 Å². The number of anilines is 1. The summed E-state index contributed by atoms with van der Waals surface area (Å²) < 4.78 is 29.4. The minimum atomic E-state index is -0.393. The molecule has 1 atom stereocenters. The van der Waals surface area contributed by atoms with Crippen molar-refractivity contribution in [2.24, 2.45) is 0 Å². The zero-order valence-corrected chi connectivity index (χ0v) is 24.4. The van der Waals surface area contributed by atoms with Crippen LogP contribution < -0.4 is 4.90 Å². The van der Waals surface area contributed by atoms with Crippen LogP contribution in [0.25, 0.3) is 22.1 Å². The van der Waals surface area contributed by atoms with E-state index in [9.17, 15) is 9.18 Å². The maximum absolute atomic E-state index is 14.6. The average Bonchev–Trinajstić information content (AvgIpc) is 3.59. The predicted molar refractivity (Wildman–Crippen MR) is 163 cm³/mol. The van der Waals surface area contributed by atoms with Gasteiger partial charge in [-0.2, -0.15) is 5.26 Å². The molecule has 0 saturated carbocycles. The number of hydrogen-bond acceptors (Lipinski definition) is 8. The first-order valence-electron chi connectivity index (χ1n) is 14.8. The third-order valence-electron chi connectivity index (χ3n) is 8.61. The van der Waals surface area contributed by atoms with E-state index in [4.69, 9.17) is 24.7 Å². The molecule has 5 aromatic rings. The lowest BCUT2D eigenvalue weighted by Crippen LogP contribution is -2.46. The van der Waals surface area contributed by atoms with Gasteiger partial charge < -0.3 is 23.5 Å². The Morgan fingerprint density at radius 3 is 2.64 bits per heavy atom. The van der Waals surface area contributed by atoms with Crippen LogP contribution in [0.1, 0.15) is 33.7 Å². The highest BCUT2D eigenvalue weighted by Crippen LogP contribution is 2.25. The van der Waals surface area contributed by atoms with Crippen molar-refractivity contribution >= 4 is 33.9 Å². The lowest BCUT2D eigenvalue weighted by Gasteiger charge is -2.35. The molecule has 0 bridgehead atoms. The fourth-order valence-corrected chi connectivity index (χ4v) is 5.99. The van der Waals surface area contributed by atoms with Crippen molar-refractivity contribution in [3.8, 4) is 6.07 Å². The van der Waals surface area contributed by atoms with Crippen LogP contribution in [0.15, 0.2) is 60.8 Å². The first kappa shape index (κ1) is 28.0. The number of hydrogen-bond donors (Lipinski definition) is 0. The summed E-state index contributed by atoms with van der Waals surface area (Å²) in [6.45, 7) is 5.80. The van der Waals surface area contributed by atoms with Crippen LogP contribution in [0.2, 0.25) is 0 Å². The summed E-state index contributed by atoms with van der Waals surface area (Å²) in [5.74, 6) is 1.09. The number of rotatable bonds is 8. The van der Waals surface area contributed by atoms with Crippen molar-refractivity contribution in [3.63, 3.8) is 0 Å². The summed E-state index contributed by atoms with van der Waals surface area (Å²) >= 11 is 0. The highest BCUT2D eigenvalue weighted by molar-refractivity contribution is 5.93. The molecule has 0 spiro atoms. The van der Waals surface area contributed by atoms with E-state index in [1.807, 2.05) is 41.1 Å². The molecule has 0 radical (unpaired) electrons. The van der Waals surface area contributed by atoms with Crippen molar-refractivity contribution in [2.75, 3.05) is 44.8 Å². The molecule has 7 rings (SSSR count). The van der Waals surface area contributed by atoms with Gasteiger partial charge in [-0.1, -0.05) is 6.07 Å². The van der Waals surface area contributed by atoms with Crippen molar-refractivity contribution in [1.82, 2.24) is 24.0 Å². The Morgan fingerprint density at radius 1 is 1.07 bits per heavy atom. The summed E-state index contributed by atoms with van der Waals surface area (Å²) in [6.07, 6.45) is 3.09. The number of pyridine rings is 1. The first-order valence-corrected chi connectivity index (χ1v) is 14.8. The first-order chi connectivity index (χ1) is 21.5. The monoisotopic (exact) mass is 593 g/mol. The smallest absolute Gasteiger partial charge is 0.337 e. The standard InChI is InChI=1S/C33H32FN7O3/c1-43-33(42)24-4-6-28-29(17-24)41(20-26-9-15-44-26)31(36-28)21-38-11-13-39(14-12-38)30-7-5-23-8-10-40(32(23)37-30)19-25-3-2-22(18-35)16-27(25)34/h2-8,10,16-17,26H,9,11-15,19-21H2,1H3. The molecule has 11 heteroatoms. The van der Waals surface area contributed by atoms with Gasteiger partial charge in [0.1, 0.15) is 23.1 Å². The molecule has 2 fully saturated rings. The summed E-state index contributed by atoms with van der Waals surface area (Å²) in [5, 5.41) is 10.0. The molecule has 0 N–H and O–H groups in total. The van der Waals surface area contributed by atoms with E-state index in [2.05, 4.69) is 20.4 Å². The number of nitriles is 1. The molecule has 44 heavy (non-hydrogen) atoms. The number of ether oxygens (including phenoxy) is 2. The number of nitrogens with zero attached hydrogens (tertiary/aromatic N) is 7. The van der Waals surface area contributed by atoms with E-state index in [-0.39, 0.29) is 12.1 Å². The Balaban J connectivity index is 1.06. The summed E-state index contributed by atoms with van der Waals surface area (Å²) in [6, 6.07) is 18.1. The minimum Gasteiger partial charge on any atom is -0.465 e. The second-order valence-corrected chi connectivity index (χ2v) is 11.3. The lowest BCUT2D eigenvalue weighted by atomic mass is 10.1. The highest BCUT2D eigenvalue weighted by Gasteiger charge is 2.25. The van der Waals surface area contributed by atoms with Gasteiger partial charge in [0, 0.05) is 49.9 Å². The third-order valence-corrected chi connectivity index (χ3v) is 8.61. The number of fused-ring (bicyclic) bond motifs is 2. The molecule has 5 heterocycles. The Kier molecular flexibility index (Phi) is 7.46. The van der Waals surface area contributed by atoms with Crippen molar-refractivity contribution in [1.29, 1.82) is 5.26 Å². The van der Waals surface area contributed by atoms with Crippen molar-refractivity contribution < 1.29 is 18.7 Å². The second kappa shape index (κ2) is 11.7. The third kappa shape index (κ3) is 5.38. The molecule has 3 aromatic heterocycles. The van der Waals surface area contributed by atoms with Gasteiger partial charge >= 0.3 is 5.97 Å². The van der Waals surface area contributed by atoms with Gasteiger partial charge in [-0.3, -0.25) is 4.90 Å². The van der Waals surface area contributed by atoms with Crippen LogP contribution in [0.3, 0.4) is 0 Å². The van der Waals surface area contributed by atoms with Gasteiger partial charge in [0.15, 0.2) is 0 Å².